The highest BCUT2D eigenvalue weighted by Crippen LogP contribution is 2.29. The molecule has 1 amide bonds. The maximum atomic E-state index is 13.6. The summed E-state index contributed by atoms with van der Waals surface area (Å²) in [6.07, 6.45) is 25.1. The second kappa shape index (κ2) is 32.4. The quantitative estimate of drug-likeness (QED) is 0.0165. The number of carboxylic acids is 1. The smallest absolute Gasteiger partial charge is 0.347 e. The first-order chi connectivity index (χ1) is 31.4. The summed E-state index contributed by atoms with van der Waals surface area (Å²) in [7, 11) is 3.45. The first kappa shape index (κ1) is 56.7. The Morgan fingerprint density at radius 2 is 1.27 bits per heavy atom. The van der Waals surface area contributed by atoms with Crippen LogP contribution in [0, 0.1) is 10.8 Å². The number of amides is 1. The molecule has 0 fully saturated rings. The van der Waals surface area contributed by atoms with E-state index < -0.39 is 47.3 Å². The van der Waals surface area contributed by atoms with Crippen LogP contribution in [0.1, 0.15) is 106 Å². The number of nitrogens with two attached hydrogens (primary N) is 2. The number of esters is 4. The van der Waals surface area contributed by atoms with Crippen LogP contribution >= 0.6 is 0 Å². The van der Waals surface area contributed by atoms with Crippen molar-refractivity contribution in [3.05, 3.63) is 120 Å². The number of unbranched alkanes of at least 4 members (excludes halogenated alkanes) is 1. The summed E-state index contributed by atoms with van der Waals surface area (Å²) < 4.78 is 21.8. The Bertz CT molecular complexity index is 2090. The van der Waals surface area contributed by atoms with Crippen LogP contribution in [-0.4, -0.2) is 91.0 Å². The van der Waals surface area contributed by atoms with Gasteiger partial charge in [0.05, 0.1) is 6.42 Å². The molecule has 0 bridgehead atoms. The van der Waals surface area contributed by atoms with Gasteiger partial charge in [0, 0.05) is 39.4 Å². The normalized spacial score (nSPS) is 12.2. The lowest BCUT2D eigenvalue weighted by Crippen LogP contribution is -2.49. The van der Waals surface area contributed by atoms with Gasteiger partial charge in [0.25, 0.3) is 5.91 Å². The van der Waals surface area contributed by atoms with E-state index in [9.17, 15) is 28.8 Å². The summed E-state index contributed by atoms with van der Waals surface area (Å²) in [5.41, 5.74) is 8.63. The van der Waals surface area contributed by atoms with Gasteiger partial charge in [0.1, 0.15) is 29.2 Å². The number of benzene rings is 2. The molecule has 0 aliphatic heterocycles. The minimum absolute atomic E-state index is 0.0429. The predicted octanol–water partition coefficient (Wildman–Crippen LogP) is 7.19. The number of hydrogen-bond acceptors (Lipinski definition) is 11. The van der Waals surface area contributed by atoms with Gasteiger partial charge in [-0.05, 0) is 69.2 Å². The van der Waals surface area contributed by atoms with Gasteiger partial charge in [0.2, 0.25) is 5.96 Å². The first-order valence-corrected chi connectivity index (χ1v) is 21.4. The van der Waals surface area contributed by atoms with Crippen molar-refractivity contribution < 1.29 is 52.8 Å². The molecule has 66 heavy (non-hydrogen) atoms. The van der Waals surface area contributed by atoms with Crippen molar-refractivity contribution in [1.29, 1.82) is 5.41 Å². The molecule has 0 saturated carbocycles. The Hall–Kier alpha value is -7.30. The Morgan fingerprint density at radius 3 is 1.76 bits per heavy atom. The zero-order chi connectivity index (χ0) is 49.3. The monoisotopic (exact) mass is 914 g/mol. The van der Waals surface area contributed by atoms with Crippen LogP contribution in [0.3, 0.4) is 0 Å². The number of hydrogen-bond donors (Lipinski definition) is 5. The van der Waals surface area contributed by atoms with E-state index in [1.807, 2.05) is 12.2 Å². The van der Waals surface area contributed by atoms with E-state index >= 15 is 0 Å². The molecule has 1 atom stereocenters. The second-order valence-electron chi connectivity index (χ2n) is 15.2. The molecule has 0 saturated heterocycles. The van der Waals surface area contributed by atoms with E-state index in [1.54, 1.807) is 45.0 Å². The fraction of sp³-hybridized carbons (Fsp3) is 0.388. The minimum Gasteiger partial charge on any atom is -0.481 e. The molecule has 2 aromatic rings. The minimum atomic E-state index is -1.55. The summed E-state index contributed by atoms with van der Waals surface area (Å²) in [6, 6.07) is 11.6. The van der Waals surface area contributed by atoms with Crippen LogP contribution < -0.4 is 26.3 Å². The van der Waals surface area contributed by atoms with E-state index in [0.717, 1.165) is 32.1 Å². The number of allylic oxidation sites excluding steroid dienone is 10. The van der Waals surface area contributed by atoms with E-state index in [4.69, 9.17) is 40.9 Å². The third-order valence-corrected chi connectivity index (χ3v) is 8.69. The van der Waals surface area contributed by atoms with Crippen molar-refractivity contribution in [2.45, 2.75) is 91.6 Å². The molecule has 0 aliphatic carbocycles. The summed E-state index contributed by atoms with van der Waals surface area (Å²) in [4.78, 5) is 80.3. The average Bonchev–Trinajstić information content (AvgIpc) is 3.25. The third-order valence-electron chi connectivity index (χ3n) is 8.69. The van der Waals surface area contributed by atoms with Gasteiger partial charge in [-0.15, -0.1) is 0 Å². The molecule has 0 aliphatic rings. The number of nitrogens with zero attached hydrogens (tertiary/aromatic N) is 2. The van der Waals surface area contributed by atoms with E-state index in [0.29, 0.717) is 12.8 Å². The van der Waals surface area contributed by atoms with Crippen molar-refractivity contribution in [3.63, 3.8) is 0 Å². The highest BCUT2D eigenvalue weighted by molar-refractivity contribution is 5.99. The molecular formula is C49H66N6O11. The standard InChI is InChI=1S/C45H55NO11.C4H11N5/c1-5-6-7-8-9-10-11-12-13-14-15-16-17-18-19-20-21-30-40(50)54-33-45(3,4)41(42(51)46-32-31-39(48)49)57-44(53)36-27-23-25-29-38(36)56-43(52)35-26-22-24-28-37(35)55-34(2)47;1-9(2)4(7)8-3(5)6/h6-7,9-10,12-13,15-16,18-19,22-29,41H,5,8,11,14,17,20-21,30-33H2,1-4H3,(H,46,51)(H,48,49);1-2H3,(H5,5,6,7,8)/b7-6-,10-9-,13-12-,16-15-,19-18-;/t41-;/m0./s1. The van der Waals surface area contributed by atoms with Gasteiger partial charge in [-0.25, -0.2) is 9.59 Å². The maximum Gasteiger partial charge on any atom is 0.347 e. The van der Waals surface area contributed by atoms with Gasteiger partial charge >= 0.3 is 29.8 Å². The van der Waals surface area contributed by atoms with Crippen molar-refractivity contribution in [2.75, 3.05) is 27.2 Å². The number of nitrogens with one attached hydrogen (secondary N) is 2. The van der Waals surface area contributed by atoms with Crippen LogP contribution in [0.2, 0.25) is 0 Å². The number of ether oxygens (including phenoxy) is 4. The number of aliphatic imine (C=N–C) groups is 1. The molecule has 2 aromatic carbocycles. The number of carboxylic acid groups (broad SMARTS) is 1. The van der Waals surface area contributed by atoms with E-state index in [1.165, 1.54) is 43.3 Å². The largest absolute Gasteiger partial charge is 0.481 e. The van der Waals surface area contributed by atoms with Crippen LogP contribution in [0.4, 0.5) is 0 Å². The molecular weight excluding hydrogens is 849 g/mol. The summed E-state index contributed by atoms with van der Waals surface area (Å²) in [5, 5.41) is 18.2. The lowest BCUT2D eigenvalue weighted by atomic mass is 9.86. The second-order valence-corrected chi connectivity index (χ2v) is 15.2. The van der Waals surface area contributed by atoms with Gasteiger partial charge in [-0.2, -0.15) is 4.99 Å². The van der Waals surface area contributed by atoms with E-state index in [-0.39, 0.29) is 60.5 Å². The summed E-state index contributed by atoms with van der Waals surface area (Å²) in [6.45, 7) is 5.87. The third kappa shape index (κ3) is 25.1. The van der Waals surface area contributed by atoms with Gasteiger partial charge in [-0.1, -0.05) is 106 Å². The predicted molar refractivity (Wildman–Crippen MR) is 254 cm³/mol. The van der Waals surface area contributed by atoms with Crippen LogP contribution in [0.5, 0.6) is 11.5 Å². The number of aliphatic carboxylic acids is 1. The zero-order valence-electron chi connectivity index (χ0n) is 38.8. The lowest BCUT2D eigenvalue weighted by Gasteiger charge is -2.32. The number of carbonyl (C=O) groups is 6. The molecule has 2 rings (SSSR count). The molecule has 17 heteroatoms. The lowest BCUT2D eigenvalue weighted by molar-refractivity contribution is -0.153. The van der Waals surface area contributed by atoms with Gasteiger partial charge < -0.3 is 45.7 Å². The highest BCUT2D eigenvalue weighted by Gasteiger charge is 2.40. The number of carbonyl (C=O) groups excluding carboxylic acids is 5. The van der Waals surface area contributed by atoms with Crippen molar-refractivity contribution in [1.82, 2.24) is 10.2 Å². The van der Waals surface area contributed by atoms with E-state index in [2.05, 4.69) is 65.8 Å². The summed E-state index contributed by atoms with van der Waals surface area (Å²) >= 11 is 0. The SMILES string of the molecule is CC/C=C\C/C=C\C/C=C\C/C=C\C/C=C\CCCC(=O)OCC(C)(C)[C@@H](OC(=O)c1ccccc1OC(=O)c1ccccc1OC(C)=O)C(=O)NCCC(=O)O.CN(C)C(N)=NC(=N)N. The maximum absolute atomic E-state index is 13.6. The molecule has 358 valence electrons. The molecule has 0 unspecified atom stereocenters. The fourth-order valence-corrected chi connectivity index (χ4v) is 5.25. The Labute approximate surface area is 387 Å². The highest BCUT2D eigenvalue weighted by atomic mass is 16.6. The van der Waals surface area contributed by atoms with Crippen molar-refractivity contribution in [2.24, 2.45) is 21.9 Å². The zero-order valence-corrected chi connectivity index (χ0v) is 38.8. The molecule has 17 nitrogen and oxygen atoms in total. The Morgan fingerprint density at radius 1 is 0.773 bits per heavy atom. The Kier molecular flexibility index (Phi) is 27.8. The molecule has 0 spiro atoms. The van der Waals surface area contributed by atoms with Crippen molar-refractivity contribution >= 4 is 47.7 Å². The average molecular weight is 915 g/mol. The number of guanidine groups is 2. The molecule has 0 aromatic heterocycles. The molecule has 7 N–H and O–H groups in total. The number of rotatable bonds is 25. The van der Waals surface area contributed by atoms with Crippen LogP contribution in [0.15, 0.2) is 114 Å². The van der Waals surface area contributed by atoms with Crippen LogP contribution in [-0.2, 0) is 28.7 Å². The summed E-state index contributed by atoms with van der Waals surface area (Å²) in [5.74, 6) is -5.36. The van der Waals surface area contributed by atoms with Crippen molar-refractivity contribution in [3.8, 4) is 11.5 Å². The van der Waals surface area contributed by atoms with Crippen LogP contribution in [0.25, 0.3) is 0 Å². The Balaban J connectivity index is 0.00000217. The molecule has 0 radical (unpaired) electrons. The van der Waals surface area contributed by atoms with Gasteiger partial charge in [0.15, 0.2) is 12.1 Å². The molecule has 0 heterocycles. The fourth-order valence-electron chi connectivity index (χ4n) is 5.25. The first-order valence-electron chi connectivity index (χ1n) is 21.4. The topological polar surface area (TPSA) is 263 Å². The van der Waals surface area contributed by atoms with Gasteiger partial charge in [-0.3, -0.25) is 24.6 Å². The number of para-hydroxylation sites is 2.